The molecule has 0 radical (unpaired) electrons. The number of alkyl halides is 3. The van der Waals surface area contributed by atoms with Crippen LogP contribution in [-0.4, -0.2) is 48.4 Å². The zero-order valence-corrected chi connectivity index (χ0v) is 18.4. The van der Waals surface area contributed by atoms with Crippen LogP contribution in [0.2, 0.25) is 0 Å². The van der Waals surface area contributed by atoms with Crippen molar-refractivity contribution in [3.05, 3.63) is 57.3 Å². The summed E-state index contributed by atoms with van der Waals surface area (Å²) in [5, 5.41) is 15.1. The number of carbonyl (C=O) groups is 1. The summed E-state index contributed by atoms with van der Waals surface area (Å²) in [4.78, 5) is 22.6. The van der Waals surface area contributed by atoms with Gasteiger partial charge in [-0.15, -0.1) is 11.3 Å². The minimum atomic E-state index is -5.08. The number of aryl methyl sites for hydroxylation is 2. The van der Waals surface area contributed by atoms with Crippen LogP contribution in [0.5, 0.6) is 0 Å². The largest absolute Gasteiger partial charge is 0.490 e. The molecule has 2 N–H and O–H groups in total. The zero-order valence-electron chi connectivity index (χ0n) is 17.6. The van der Waals surface area contributed by atoms with E-state index in [2.05, 4.69) is 39.2 Å². The Morgan fingerprint density at radius 3 is 2.56 bits per heavy atom. The molecule has 0 atom stereocenters. The van der Waals surface area contributed by atoms with Crippen LogP contribution < -0.4 is 5.32 Å². The number of hydrogen-bond acceptors (Lipinski definition) is 7. The number of rotatable bonds is 5. The fraction of sp³-hybridized carbons (Fsp3) is 0.400. The molecule has 3 aromatic heterocycles. The smallest absolute Gasteiger partial charge is 0.475 e. The summed E-state index contributed by atoms with van der Waals surface area (Å²) in [6.45, 7) is 5.88. The number of fused-ring (bicyclic) bond motifs is 1. The van der Waals surface area contributed by atoms with E-state index < -0.39 is 12.1 Å². The molecule has 1 aliphatic rings. The summed E-state index contributed by atoms with van der Waals surface area (Å²) in [6, 6.07) is 6.26. The SMILES string of the molecule is Cc1ccc(CN2CCc3c(CNc4ncccn4)nn(C)c3C2)s1.O=C(O)C(F)(F)F. The van der Waals surface area contributed by atoms with Crippen LogP contribution in [0, 0.1) is 6.92 Å². The second-order valence-electron chi connectivity index (χ2n) is 7.20. The van der Waals surface area contributed by atoms with Gasteiger partial charge in [0.25, 0.3) is 0 Å². The third kappa shape index (κ3) is 6.26. The number of nitrogens with one attached hydrogen (secondary N) is 1. The second-order valence-corrected chi connectivity index (χ2v) is 8.57. The first-order valence-corrected chi connectivity index (χ1v) is 10.6. The highest BCUT2D eigenvalue weighted by Crippen LogP contribution is 2.25. The number of carboxylic acid groups (broad SMARTS) is 1. The molecule has 0 aliphatic carbocycles. The molecule has 0 bridgehead atoms. The molecule has 1 aliphatic heterocycles. The van der Waals surface area contributed by atoms with E-state index in [1.165, 1.54) is 21.0 Å². The molecule has 0 saturated carbocycles. The van der Waals surface area contributed by atoms with E-state index in [9.17, 15) is 13.2 Å². The van der Waals surface area contributed by atoms with E-state index in [1.54, 1.807) is 12.4 Å². The Morgan fingerprint density at radius 2 is 1.97 bits per heavy atom. The van der Waals surface area contributed by atoms with Crippen LogP contribution in [0.4, 0.5) is 19.1 Å². The Bertz CT molecular complexity index is 1050. The van der Waals surface area contributed by atoms with Crippen molar-refractivity contribution in [3.63, 3.8) is 0 Å². The Labute approximate surface area is 186 Å². The molecule has 0 saturated heterocycles. The zero-order chi connectivity index (χ0) is 23.3. The van der Waals surface area contributed by atoms with Crippen molar-refractivity contribution in [3.8, 4) is 0 Å². The molecule has 0 amide bonds. The van der Waals surface area contributed by atoms with Crippen LogP contribution in [0.15, 0.2) is 30.6 Å². The number of halogens is 3. The molecule has 4 rings (SSSR count). The highest BCUT2D eigenvalue weighted by atomic mass is 32.1. The molecule has 172 valence electrons. The first kappa shape index (κ1) is 23.7. The molecule has 4 heterocycles. The summed E-state index contributed by atoms with van der Waals surface area (Å²) in [5.41, 5.74) is 3.81. The molecular weight excluding hydrogens is 445 g/mol. The molecule has 3 aromatic rings. The van der Waals surface area contributed by atoms with E-state index in [1.807, 2.05) is 29.1 Å². The lowest BCUT2D eigenvalue weighted by atomic mass is 10.0. The van der Waals surface area contributed by atoms with Crippen LogP contribution in [0.3, 0.4) is 0 Å². The number of anilines is 1. The lowest BCUT2D eigenvalue weighted by Crippen LogP contribution is -2.30. The molecule has 8 nitrogen and oxygen atoms in total. The molecule has 32 heavy (non-hydrogen) atoms. The van der Waals surface area contributed by atoms with Crippen LogP contribution in [0.25, 0.3) is 0 Å². The van der Waals surface area contributed by atoms with Gasteiger partial charge in [-0.25, -0.2) is 14.8 Å². The molecule has 0 unspecified atom stereocenters. The molecular formula is C20H23F3N6O2S. The summed E-state index contributed by atoms with van der Waals surface area (Å²) in [6.07, 6.45) is -0.555. The fourth-order valence-electron chi connectivity index (χ4n) is 3.33. The van der Waals surface area contributed by atoms with Crippen molar-refractivity contribution in [2.75, 3.05) is 11.9 Å². The van der Waals surface area contributed by atoms with Crippen molar-refractivity contribution in [2.24, 2.45) is 7.05 Å². The monoisotopic (exact) mass is 468 g/mol. The third-order valence-electron chi connectivity index (χ3n) is 4.81. The normalized spacial score (nSPS) is 13.8. The van der Waals surface area contributed by atoms with Gasteiger partial charge in [0, 0.05) is 54.4 Å². The van der Waals surface area contributed by atoms with Gasteiger partial charge in [0.05, 0.1) is 17.9 Å². The summed E-state index contributed by atoms with van der Waals surface area (Å²) >= 11 is 1.89. The summed E-state index contributed by atoms with van der Waals surface area (Å²) in [5.74, 6) is -2.11. The van der Waals surface area contributed by atoms with Crippen molar-refractivity contribution in [2.45, 2.75) is 39.2 Å². The summed E-state index contributed by atoms with van der Waals surface area (Å²) in [7, 11) is 2.04. The van der Waals surface area contributed by atoms with Gasteiger partial charge in [0.2, 0.25) is 5.95 Å². The van der Waals surface area contributed by atoms with Gasteiger partial charge >= 0.3 is 12.1 Å². The Balaban J connectivity index is 0.000000360. The highest BCUT2D eigenvalue weighted by molar-refractivity contribution is 7.11. The first-order valence-electron chi connectivity index (χ1n) is 9.75. The maximum Gasteiger partial charge on any atom is 0.490 e. The maximum atomic E-state index is 10.6. The van der Waals surface area contributed by atoms with E-state index in [0.29, 0.717) is 12.5 Å². The Hall–Kier alpha value is -2.99. The van der Waals surface area contributed by atoms with Gasteiger partial charge in [0.15, 0.2) is 0 Å². The first-order chi connectivity index (χ1) is 15.1. The Morgan fingerprint density at radius 1 is 1.28 bits per heavy atom. The van der Waals surface area contributed by atoms with Gasteiger partial charge in [-0.3, -0.25) is 9.58 Å². The van der Waals surface area contributed by atoms with Gasteiger partial charge in [-0.1, -0.05) is 0 Å². The van der Waals surface area contributed by atoms with E-state index in [-0.39, 0.29) is 0 Å². The topological polar surface area (TPSA) is 96.2 Å². The van der Waals surface area contributed by atoms with Crippen LogP contribution >= 0.6 is 11.3 Å². The van der Waals surface area contributed by atoms with Gasteiger partial charge in [-0.2, -0.15) is 18.3 Å². The molecule has 0 aromatic carbocycles. The summed E-state index contributed by atoms with van der Waals surface area (Å²) < 4.78 is 33.8. The van der Waals surface area contributed by atoms with E-state index >= 15 is 0 Å². The highest BCUT2D eigenvalue weighted by Gasteiger charge is 2.38. The number of hydrogen-bond donors (Lipinski definition) is 2. The van der Waals surface area contributed by atoms with E-state index in [0.717, 1.165) is 31.7 Å². The van der Waals surface area contributed by atoms with Crippen molar-refractivity contribution < 1.29 is 23.1 Å². The van der Waals surface area contributed by atoms with E-state index in [4.69, 9.17) is 15.0 Å². The lowest BCUT2D eigenvalue weighted by molar-refractivity contribution is -0.192. The van der Waals surface area contributed by atoms with Gasteiger partial charge in [-0.05, 0) is 31.5 Å². The van der Waals surface area contributed by atoms with Gasteiger partial charge < -0.3 is 10.4 Å². The van der Waals surface area contributed by atoms with Crippen LogP contribution in [-0.2, 0) is 37.9 Å². The number of aromatic nitrogens is 4. The quantitative estimate of drug-likeness (QED) is 0.593. The average molecular weight is 469 g/mol. The molecule has 12 heteroatoms. The minimum Gasteiger partial charge on any atom is -0.475 e. The predicted octanol–water partition coefficient (Wildman–Crippen LogP) is 3.38. The maximum absolute atomic E-state index is 10.6. The second kappa shape index (κ2) is 10.1. The van der Waals surface area contributed by atoms with Gasteiger partial charge in [0.1, 0.15) is 0 Å². The number of aliphatic carboxylic acids is 1. The van der Waals surface area contributed by atoms with Crippen molar-refractivity contribution in [1.29, 1.82) is 0 Å². The standard InChI is InChI=1S/C18H22N6S.C2HF3O2/c1-13-4-5-14(25-13)11-24-9-6-15-16(22-23(2)17(15)12-24)10-21-18-19-7-3-8-20-18;3-2(4,5)1(6)7/h3-5,7-8H,6,9-12H2,1-2H3,(H,19,20,21);(H,6,7). The van der Waals surface area contributed by atoms with Crippen molar-refractivity contribution >= 4 is 23.3 Å². The number of thiophene rings is 1. The lowest BCUT2D eigenvalue weighted by Gasteiger charge is -2.27. The predicted molar refractivity (Wildman–Crippen MR) is 113 cm³/mol. The van der Waals surface area contributed by atoms with Crippen molar-refractivity contribution in [1.82, 2.24) is 24.6 Å². The number of carboxylic acids is 1. The molecule has 0 fully saturated rings. The average Bonchev–Trinajstić information content (AvgIpc) is 3.29. The Kier molecular flexibility index (Phi) is 7.46. The van der Waals surface area contributed by atoms with Crippen LogP contribution in [0.1, 0.15) is 26.7 Å². The molecule has 0 spiro atoms. The fourth-order valence-corrected chi connectivity index (χ4v) is 4.26. The minimum absolute atomic E-state index is 0.646. The number of nitrogens with zero attached hydrogens (tertiary/aromatic N) is 5. The third-order valence-corrected chi connectivity index (χ3v) is 5.79.